The van der Waals surface area contributed by atoms with Crippen LogP contribution in [0.1, 0.15) is 25.7 Å². The van der Waals surface area contributed by atoms with Crippen LogP contribution in [0, 0.1) is 0 Å². The first kappa shape index (κ1) is 8.43. The van der Waals surface area contributed by atoms with E-state index < -0.39 is 0 Å². The topological polar surface area (TPSA) is 66.9 Å². The molecule has 0 aromatic carbocycles. The number of primary amides is 1. The van der Waals surface area contributed by atoms with Gasteiger partial charge in [-0.15, -0.1) is 0 Å². The average Bonchev–Trinajstić information content (AvgIpc) is 1.80. The molecule has 1 amide bonds. The summed E-state index contributed by atoms with van der Waals surface area (Å²) < 4.78 is 0. The zero-order chi connectivity index (χ0) is 7.11. The molecule has 3 N–H and O–H groups in total. The first-order chi connectivity index (χ1) is 4.27. The van der Waals surface area contributed by atoms with Gasteiger partial charge in [-0.2, -0.15) is 0 Å². The zero-order valence-corrected chi connectivity index (χ0v) is 5.52. The van der Waals surface area contributed by atoms with E-state index in [1.807, 2.05) is 0 Å². The van der Waals surface area contributed by atoms with Crippen molar-refractivity contribution in [3.8, 4) is 0 Å². The zero-order valence-electron chi connectivity index (χ0n) is 5.52. The second-order valence-electron chi connectivity index (χ2n) is 2.03. The maximum Gasteiger partial charge on any atom is 0.217 e. The molecule has 0 aromatic heterocycles. The van der Waals surface area contributed by atoms with Crippen LogP contribution in [-0.4, -0.2) is 12.5 Å². The molecule has 3 heteroatoms. The highest BCUT2D eigenvalue weighted by Gasteiger charge is 1.92. The van der Waals surface area contributed by atoms with Gasteiger partial charge in [0.1, 0.15) is 0 Å². The number of carbonyl (C=O) groups excluding carboxylic acids is 1. The summed E-state index contributed by atoms with van der Waals surface area (Å²) in [4.78, 5) is 10.1. The molecule has 0 unspecified atom stereocenters. The molecule has 0 aromatic rings. The summed E-state index contributed by atoms with van der Waals surface area (Å²) in [5.41, 5.74) is 11.7. The Morgan fingerprint density at radius 2 is 2.00 bits per heavy atom. The number of unbranched alkanes of at least 4 members (excludes halogenated alkanes) is 2. The molecule has 0 saturated heterocycles. The molecule has 1 radical (unpaired) electrons. The van der Waals surface area contributed by atoms with Crippen molar-refractivity contribution >= 4 is 5.91 Å². The minimum absolute atomic E-state index is 0.236. The number of hydrogen-bond donors (Lipinski definition) is 1. The monoisotopic (exact) mass is 129 g/mol. The highest BCUT2D eigenvalue weighted by molar-refractivity contribution is 5.73. The summed E-state index contributed by atoms with van der Waals surface area (Å²) in [6.07, 6.45) is 3.15. The van der Waals surface area contributed by atoms with E-state index in [4.69, 9.17) is 11.5 Å². The van der Waals surface area contributed by atoms with E-state index in [0.717, 1.165) is 19.3 Å². The molecule has 0 saturated carbocycles. The van der Waals surface area contributed by atoms with Crippen molar-refractivity contribution in [2.45, 2.75) is 25.7 Å². The summed E-state index contributed by atoms with van der Waals surface area (Å²) in [6, 6.07) is 0. The van der Waals surface area contributed by atoms with Gasteiger partial charge in [-0.05, 0) is 12.8 Å². The molecule has 0 fully saturated rings. The Hall–Kier alpha value is -0.570. The summed E-state index contributed by atoms with van der Waals surface area (Å²) in [6.45, 7) is 0.457. The van der Waals surface area contributed by atoms with Crippen LogP contribution in [-0.2, 0) is 4.79 Å². The van der Waals surface area contributed by atoms with Crippen LogP contribution >= 0.6 is 0 Å². The third kappa shape index (κ3) is 7.43. The van der Waals surface area contributed by atoms with Crippen LogP contribution < -0.4 is 11.5 Å². The number of nitrogens with one attached hydrogen (secondary N) is 1. The van der Waals surface area contributed by atoms with E-state index >= 15 is 0 Å². The second kappa shape index (κ2) is 5.56. The van der Waals surface area contributed by atoms with Gasteiger partial charge in [-0.25, -0.2) is 0 Å². The fraction of sp³-hybridized carbons (Fsp3) is 0.833. The lowest BCUT2D eigenvalue weighted by molar-refractivity contribution is -0.118. The van der Waals surface area contributed by atoms with E-state index in [2.05, 4.69) is 0 Å². The smallest absolute Gasteiger partial charge is 0.217 e. The molecule has 0 aliphatic carbocycles. The Bertz CT molecular complexity index is 83.1. The minimum atomic E-state index is -0.236. The fourth-order valence-electron chi connectivity index (χ4n) is 0.601. The van der Waals surface area contributed by atoms with E-state index in [0.29, 0.717) is 13.0 Å². The Morgan fingerprint density at radius 1 is 1.33 bits per heavy atom. The molecule has 3 nitrogen and oxygen atoms in total. The predicted molar refractivity (Wildman–Crippen MR) is 35.6 cm³/mol. The Labute approximate surface area is 55.4 Å². The van der Waals surface area contributed by atoms with Crippen LogP contribution in [0.25, 0.3) is 0 Å². The molecule has 0 atom stereocenters. The lowest BCUT2D eigenvalue weighted by Gasteiger charge is -1.93. The number of carbonyl (C=O) groups is 1. The molecule has 9 heavy (non-hydrogen) atoms. The first-order valence-corrected chi connectivity index (χ1v) is 3.20. The van der Waals surface area contributed by atoms with Gasteiger partial charge in [0.25, 0.3) is 0 Å². The van der Waals surface area contributed by atoms with E-state index in [9.17, 15) is 4.79 Å². The summed E-state index contributed by atoms with van der Waals surface area (Å²) in [5.74, 6) is -0.236. The molecular formula is C6H13N2O. The number of hydrogen-bond acceptors (Lipinski definition) is 1. The van der Waals surface area contributed by atoms with Crippen LogP contribution in [0.4, 0.5) is 0 Å². The van der Waals surface area contributed by atoms with Crippen molar-refractivity contribution in [3.63, 3.8) is 0 Å². The van der Waals surface area contributed by atoms with Gasteiger partial charge in [0.05, 0.1) is 0 Å². The molecule has 0 bridgehead atoms. The van der Waals surface area contributed by atoms with Gasteiger partial charge in [-0.1, -0.05) is 6.42 Å². The van der Waals surface area contributed by atoms with Gasteiger partial charge < -0.3 is 5.73 Å². The maximum absolute atomic E-state index is 10.1. The van der Waals surface area contributed by atoms with Crippen molar-refractivity contribution in [2.75, 3.05) is 6.54 Å². The highest BCUT2D eigenvalue weighted by Crippen LogP contribution is 1.96. The SMILES string of the molecule is [NH]CCCCCC(N)=O. The van der Waals surface area contributed by atoms with Gasteiger partial charge in [0, 0.05) is 13.0 Å². The van der Waals surface area contributed by atoms with E-state index in [1.165, 1.54) is 0 Å². The third-order valence-electron chi connectivity index (χ3n) is 1.10. The maximum atomic E-state index is 10.1. The standard InChI is InChI=1S/C6H13N2O/c7-5-3-1-2-4-6(8)9/h7H,1-5H2,(H2,8,9). The molecule has 0 rings (SSSR count). The van der Waals surface area contributed by atoms with Crippen molar-refractivity contribution in [3.05, 3.63) is 0 Å². The molecule has 0 aliphatic heterocycles. The lowest BCUT2D eigenvalue weighted by Crippen LogP contribution is -2.09. The number of nitrogens with two attached hydrogens (primary N) is 1. The van der Waals surface area contributed by atoms with Crippen LogP contribution in [0.2, 0.25) is 0 Å². The van der Waals surface area contributed by atoms with Crippen molar-refractivity contribution in [2.24, 2.45) is 5.73 Å². The largest absolute Gasteiger partial charge is 0.370 e. The van der Waals surface area contributed by atoms with E-state index in [-0.39, 0.29) is 5.91 Å². The van der Waals surface area contributed by atoms with Crippen LogP contribution in [0.3, 0.4) is 0 Å². The van der Waals surface area contributed by atoms with Gasteiger partial charge in [-0.3, -0.25) is 10.5 Å². The quantitative estimate of drug-likeness (QED) is 0.533. The van der Waals surface area contributed by atoms with Gasteiger partial charge in [0.15, 0.2) is 0 Å². The van der Waals surface area contributed by atoms with Gasteiger partial charge >= 0.3 is 0 Å². The molecule has 0 spiro atoms. The Morgan fingerprint density at radius 3 is 2.44 bits per heavy atom. The molecule has 0 aliphatic rings. The fourth-order valence-corrected chi connectivity index (χ4v) is 0.601. The highest BCUT2D eigenvalue weighted by atomic mass is 16.1. The molecule has 0 heterocycles. The van der Waals surface area contributed by atoms with Crippen LogP contribution in [0.5, 0.6) is 0 Å². The second-order valence-corrected chi connectivity index (χ2v) is 2.03. The lowest BCUT2D eigenvalue weighted by atomic mass is 10.2. The normalized spacial score (nSPS) is 9.44. The minimum Gasteiger partial charge on any atom is -0.370 e. The van der Waals surface area contributed by atoms with E-state index in [1.54, 1.807) is 0 Å². The van der Waals surface area contributed by atoms with Crippen molar-refractivity contribution in [1.29, 1.82) is 0 Å². The third-order valence-corrected chi connectivity index (χ3v) is 1.10. The first-order valence-electron chi connectivity index (χ1n) is 3.20. The number of amides is 1. The van der Waals surface area contributed by atoms with Crippen molar-refractivity contribution < 1.29 is 4.79 Å². The van der Waals surface area contributed by atoms with Gasteiger partial charge in [0.2, 0.25) is 5.91 Å². The predicted octanol–water partition coefficient (Wildman–Crippen LogP) is 0.315. The Balaban J connectivity index is 2.83. The summed E-state index contributed by atoms with van der Waals surface area (Å²) >= 11 is 0. The average molecular weight is 129 g/mol. The molecule has 53 valence electrons. The van der Waals surface area contributed by atoms with Crippen LogP contribution in [0.15, 0.2) is 0 Å². The number of rotatable bonds is 5. The molecular weight excluding hydrogens is 116 g/mol. The summed E-state index contributed by atoms with van der Waals surface area (Å²) in [7, 11) is 0. The van der Waals surface area contributed by atoms with Crippen molar-refractivity contribution in [1.82, 2.24) is 5.73 Å². The Kier molecular flexibility index (Phi) is 5.21. The summed E-state index contributed by atoms with van der Waals surface area (Å²) in [5, 5.41) is 0.